The van der Waals surface area contributed by atoms with Crippen molar-refractivity contribution in [1.29, 1.82) is 0 Å². The predicted octanol–water partition coefficient (Wildman–Crippen LogP) is 5.00. The Morgan fingerprint density at radius 2 is 1.45 bits per heavy atom. The standard InChI is InChI=1S/C31H39N3O5S/c1-5-24(4)32-31(36)29(6-2)33(22-25-14-10-8-11-15-25)30(35)23-34(26-18-20-27(21-19-26)39-7-3)40(37,38)28-16-12-9-13-17-28/h8-21,24,29H,5-7,22-23H2,1-4H3,(H,32,36)/t24-,29+/m0/s1. The van der Waals surface area contributed by atoms with Crippen LogP contribution < -0.4 is 14.4 Å². The van der Waals surface area contributed by atoms with Crippen molar-refractivity contribution in [2.75, 3.05) is 17.5 Å². The number of rotatable bonds is 14. The first-order chi connectivity index (χ1) is 19.2. The number of carbonyl (C=O) groups is 2. The molecule has 0 aromatic heterocycles. The molecule has 0 saturated heterocycles. The van der Waals surface area contributed by atoms with Gasteiger partial charge in [0.1, 0.15) is 18.3 Å². The summed E-state index contributed by atoms with van der Waals surface area (Å²) in [5.74, 6) is -0.156. The van der Waals surface area contributed by atoms with Crippen LogP contribution in [0.3, 0.4) is 0 Å². The second kappa shape index (κ2) is 14.5. The summed E-state index contributed by atoms with van der Waals surface area (Å²) < 4.78 is 34.3. The minimum absolute atomic E-state index is 0.0611. The first-order valence-corrected chi connectivity index (χ1v) is 15.1. The summed E-state index contributed by atoms with van der Waals surface area (Å²) in [5.41, 5.74) is 1.15. The van der Waals surface area contributed by atoms with Gasteiger partial charge in [0.2, 0.25) is 11.8 Å². The number of anilines is 1. The van der Waals surface area contributed by atoms with Crippen molar-refractivity contribution in [2.24, 2.45) is 0 Å². The molecule has 0 unspecified atom stereocenters. The fourth-order valence-electron chi connectivity index (χ4n) is 4.26. The van der Waals surface area contributed by atoms with Gasteiger partial charge in [-0.2, -0.15) is 0 Å². The highest BCUT2D eigenvalue weighted by Crippen LogP contribution is 2.27. The van der Waals surface area contributed by atoms with E-state index in [0.29, 0.717) is 24.5 Å². The monoisotopic (exact) mass is 565 g/mol. The number of hydrogen-bond donors (Lipinski definition) is 1. The van der Waals surface area contributed by atoms with Crippen molar-refractivity contribution in [2.45, 2.75) is 64.1 Å². The normalized spacial score (nSPS) is 12.7. The van der Waals surface area contributed by atoms with Gasteiger partial charge in [-0.15, -0.1) is 0 Å². The Hall–Kier alpha value is -3.85. The molecule has 3 aromatic carbocycles. The van der Waals surface area contributed by atoms with E-state index in [1.54, 1.807) is 42.5 Å². The number of sulfonamides is 1. The van der Waals surface area contributed by atoms with Crippen LogP contribution >= 0.6 is 0 Å². The summed E-state index contributed by atoms with van der Waals surface area (Å²) in [4.78, 5) is 28.9. The number of nitrogens with one attached hydrogen (secondary N) is 1. The topological polar surface area (TPSA) is 96.0 Å². The molecule has 3 aromatic rings. The van der Waals surface area contributed by atoms with Crippen molar-refractivity contribution < 1.29 is 22.7 Å². The Morgan fingerprint density at radius 1 is 0.850 bits per heavy atom. The summed E-state index contributed by atoms with van der Waals surface area (Å²) in [6.07, 6.45) is 1.12. The summed E-state index contributed by atoms with van der Waals surface area (Å²) in [7, 11) is -4.11. The van der Waals surface area contributed by atoms with E-state index in [-0.39, 0.29) is 23.4 Å². The third-order valence-electron chi connectivity index (χ3n) is 6.63. The molecule has 3 rings (SSSR count). The van der Waals surface area contributed by atoms with Gasteiger partial charge in [0, 0.05) is 12.6 Å². The summed E-state index contributed by atoms with van der Waals surface area (Å²) in [6, 6.07) is 23.1. The van der Waals surface area contributed by atoms with E-state index in [9.17, 15) is 18.0 Å². The molecule has 1 N–H and O–H groups in total. The first-order valence-electron chi connectivity index (χ1n) is 13.7. The van der Waals surface area contributed by atoms with Gasteiger partial charge in [0.05, 0.1) is 17.2 Å². The Labute approximate surface area is 238 Å². The molecule has 8 nitrogen and oxygen atoms in total. The smallest absolute Gasteiger partial charge is 0.264 e. The van der Waals surface area contributed by atoms with E-state index >= 15 is 0 Å². The van der Waals surface area contributed by atoms with Gasteiger partial charge in [0.25, 0.3) is 10.0 Å². The Balaban J connectivity index is 2.03. The van der Waals surface area contributed by atoms with Crippen molar-refractivity contribution in [3.8, 4) is 5.75 Å². The lowest BCUT2D eigenvalue weighted by Gasteiger charge is -2.33. The molecule has 0 saturated carbocycles. The largest absolute Gasteiger partial charge is 0.494 e. The van der Waals surface area contributed by atoms with Crippen molar-refractivity contribution in [1.82, 2.24) is 10.2 Å². The molecule has 0 radical (unpaired) electrons. The van der Waals surface area contributed by atoms with E-state index in [0.717, 1.165) is 16.3 Å². The van der Waals surface area contributed by atoms with Gasteiger partial charge in [-0.05, 0) is 68.7 Å². The maximum absolute atomic E-state index is 14.1. The molecule has 0 aliphatic carbocycles. The van der Waals surface area contributed by atoms with E-state index in [4.69, 9.17) is 4.74 Å². The number of ether oxygens (including phenoxy) is 1. The fraction of sp³-hybridized carbons (Fsp3) is 0.355. The number of benzene rings is 3. The Kier molecular flexibility index (Phi) is 11.1. The van der Waals surface area contributed by atoms with E-state index in [2.05, 4.69) is 5.32 Å². The molecule has 2 atom stereocenters. The fourth-order valence-corrected chi connectivity index (χ4v) is 5.70. The summed E-state index contributed by atoms with van der Waals surface area (Å²) in [5, 5.41) is 2.98. The lowest BCUT2D eigenvalue weighted by Crippen LogP contribution is -2.53. The van der Waals surface area contributed by atoms with Gasteiger partial charge >= 0.3 is 0 Å². The first kappa shape index (κ1) is 30.7. The molecule has 2 amide bonds. The molecular weight excluding hydrogens is 526 g/mol. The predicted molar refractivity (Wildman–Crippen MR) is 158 cm³/mol. The van der Waals surface area contributed by atoms with Gasteiger partial charge in [-0.25, -0.2) is 8.42 Å². The molecule has 0 aliphatic heterocycles. The highest BCUT2D eigenvalue weighted by molar-refractivity contribution is 7.92. The van der Waals surface area contributed by atoms with Gasteiger partial charge in [0.15, 0.2) is 0 Å². The van der Waals surface area contributed by atoms with Crippen molar-refractivity contribution in [3.05, 3.63) is 90.5 Å². The molecule has 0 fully saturated rings. The quantitative estimate of drug-likeness (QED) is 0.297. The maximum Gasteiger partial charge on any atom is 0.264 e. The second-order valence-corrected chi connectivity index (χ2v) is 11.4. The number of carbonyl (C=O) groups excluding carboxylic acids is 2. The lowest BCUT2D eigenvalue weighted by molar-refractivity contribution is -0.140. The average molecular weight is 566 g/mol. The highest BCUT2D eigenvalue weighted by atomic mass is 32.2. The number of amides is 2. The van der Waals surface area contributed by atoms with Crippen LogP contribution in [0.2, 0.25) is 0 Å². The minimum atomic E-state index is -4.11. The average Bonchev–Trinajstić information content (AvgIpc) is 2.97. The maximum atomic E-state index is 14.1. The van der Waals surface area contributed by atoms with Gasteiger partial charge in [-0.1, -0.05) is 62.4 Å². The molecule has 40 heavy (non-hydrogen) atoms. The van der Waals surface area contributed by atoms with Crippen LogP contribution in [0.15, 0.2) is 89.8 Å². The zero-order valence-corrected chi connectivity index (χ0v) is 24.4. The Bertz CT molecular complexity index is 1330. The van der Waals surface area contributed by atoms with Crippen LogP contribution in [0, 0.1) is 0 Å². The van der Waals surface area contributed by atoms with Crippen LogP contribution in [0.1, 0.15) is 46.1 Å². The second-order valence-electron chi connectivity index (χ2n) is 9.50. The summed E-state index contributed by atoms with van der Waals surface area (Å²) in [6.45, 7) is 7.74. The third-order valence-corrected chi connectivity index (χ3v) is 8.42. The zero-order chi connectivity index (χ0) is 29.1. The third kappa shape index (κ3) is 7.85. The zero-order valence-electron chi connectivity index (χ0n) is 23.6. The van der Waals surface area contributed by atoms with Crippen LogP contribution in [0.5, 0.6) is 5.75 Å². The SMILES string of the molecule is CCOc1ccc(N(CC(=O)N(Cc2ccccc2)[C@H](CC)C(=O)N[C@@H](C)CC)S(=O)(=O)c2ccccc2)cc1. The van der Waals surface area contributed by atoms with Crippen LogP contribution in [-0.2, 0) is 26.2 Å². The molecule has 0 heterocycles. The van der Waals surface area contributed by atoms with E-state index < -0.39 is 28.5 Å². The number of nitrogens with zero attached hydrogens (tertiary/aromatic N) is 2. The molecule has 0 spiro atoms. The van der Waals surface area contributed by atoms with E-state index in [1.807, 2.05) is 58.0 Å². The van der Waals surface area contributed by atoms with Crippen LogP contribution in [-0.4, -0.2) is 50.4 Å². The Morgan fingerprint density at radius 3 is 2.00 bits per heavy atom. The molecule has 0 aliphatic rings. The lowest BCUT2D eigenvalue weighted by atomic mass is 10.1. The molecule has 9 heteroatoms. The van der Waals surface area contributed by atoms with Crippen molar-refractivity contribution in [3.63, 3.8) is 0 Å². The van der Waals surface area contributed by atoms with Crippen LogP contribution in [0.25, 0.3) is 0 Å². The summed E-state index contributed by atoms with van der Waals surface area (Å²) >= 11 is 0. The molecular formula is C31H39N3O5S. The minimum Gasteiger partial charge on any atom is -0.494 e. The number of hydrogen-bond acceptors (Lipinski definition) is 5. The van der Waals surface area contributed by atoms with Gasteiger partial charge in [-0.3, -0.25) is 13.9 Å². The molecule has 0 bridgehead atoms. The van der Waals surface area contributed by atoms with E-state index in [1.165, 1.54) is 17.0 Å². The molecule has 214 valence electrons. The highest BCUT2D eigenvalue weighted by Gasteiger charge is 2.33. The van der Waals surface area contributed by atoms with Crippen LogP contribution in [0.4, 0.5) is 5.69 Å². The van der Waals surface area contributed by atoms with Gasteiger partial charge < -0.3 is 15.0 Å². The van der Waals surface area contributed by atoms with Crippen molar-refractivity contribution >= 4 is 27.5 Å².